The van der Waals surface area contributed by atoms with Crippen LogP contribution in [0.5, 0.6) is 0 Å². The van der Waals surface area contributed by atoms with Gasteiger partial charge in [-0.05, 0) is 11.6 Å². The van der Waals surface area contributed by atoms with E-state index < -0.39 is 10.8 Å². The molecule has 0 heterocycles. The zero-order valence-electron chi connectivity index (χ0n) is 10.1. The number of carbonyl (C=O) groups excluding carboxylic acids is 2. The molecule has 1 rings (SSSR count). The Morgan fingerprint density at radius 2 is 1.82 bits per heavy atom. The SMILES string of the molecule is COC(=O)c1ccccc1C(Br)C(=O)C(C)C. The molecule has 0 N–H and O–H groups in total. The van der Waals surface area contributed by atoms with Crippen molar-refractivity contribution >= 4 is 27.7 Å². The number of rotatable bonds is 4. The summed E-state index contributed by atoms with van der Waals surface area (Å²) in [5.41, 5.74) is 1.07. The highest BCUT2D eigenvalue weighted by molar-refractivity contribution is 9.09. The molecule has 0 aromatic heterocycles. The van der Waals surface area contributed by atoms with E-state index in [4.69, 9.17) is 4.74 Å². The van der Waals surface area contributed by atoms with Crippen molar-refractivity contribution < 1.29 is 14.3 Å². The molecular formula is C13H15BrO3. The number of hydrogen-bond acceptors (Lipinski definition) is 3. The summed E-state index contributed by atoms with van der Waals surface area (Å²) in [4.78, 5) is 23.0. The molecule has 0 aliphatic rings. The number of Topliss-reactive ketones (excluding diaryl/α,β-unsaturated/α-hetero) is 1. The van der Waals surface area contributed by atoms with Gasteiger partial charge in [0.05, 0.1) is 17.5 Å². The molecule has 0 spiro atoms. The third-order valence-electron chi connectivity index (χ3n) is 2.46. The molecule has 1 unspecified atom stereocenters. The summed E-state index contributed by atoms with van der Waals surface area (Å²) >= 11 is 3.34. The van der Waals surface area contributed by atoms with Gasteiger partial charge in [0.2, 0.25) is 0 Å². The van der Waals surface area contributed by atoms with E-state index in [0.29, 0.717) is 11.1 Å². The van der Waals surface area contributed by atoms with Gasteiger partial charge in [-0.2, -0.15) is 0 Å². The maximum absolute atomic E-state index is 11.9. The minimum Gasteiger partial charge on any atom is -0.465 e. The van der Waals surface area contributed by atoms with Crippen molar-refractivity contribution in [2.75, 3.05) is 7.11 Å². The van der Waals surface area contributed by atoms with Crippen LogP contribution in [0.1, 0.15) is 34.6 Å². The number of alkyl halides is 1. The first-order valence-corrected chi connectivity index (χ1v) is 6.25. The molecular weight excluding hydrogens is 284 g/mol. The van der Waals surface area contributed by atoms with Crippen molar-refractivity contribution in [3.8, 4) is 0 Å². The molecule has 0 aliphatic heterocycles. The highest BCUT2D eigenvalue weighted by atomic mass is 79.9. The normalized spacial score (nSPS) is 12.3. The Hall–Kier alpha value is -1.16. The van der Waals surface area contributed by atoms with Crippen molar-refractivity contribution in [2.24, 2.45) is 5.92 Å². The van der Waals surface area contributed by atoms with Crippen LogP contribution in [-0.4, -0.2) is 18.9 Å². The summed E-state index contributed by atoms with van der Waals surface area (Å²) in [7, 11) is 1.33. The first kappa shape index (κ1) is 13.9. The lowest BCUT2D eigenvalue weighted by Crippen LogP contribution is -2.16. The topological polar surface area (TPSA) is 43.4 Å². The monoisotopic (exact) mass is 298 g/mol. The summed E-state index contributed by atoms with van der Waals surface area (Å²) in [5, 5.41) is 0. The van der Waals surface area contributed by atoms with Crippen molar-refractivity contribution in [1.29, 1.82) is 0 Å². The van der Waals surface area contributed by atoms with Crippen molar-refractivity contribution in [3.63, 3.8) is 0 Å². The molecule has 0 radical (unpaired) electrons. The Morgan fingerprint density at radius 1 is 1.24 bits per heavy atom. The number of methoxy groups -OCH3 is 1. The number of esters is 1. The lowest BCUT2D eigenvalue weighted by molar-refractivity contribution is -0.121. The second-order valence-electron chi connectivity index (χ2n) is 4.00. The summed E-state index contributed by atoms with van der Waals surface area (Å²) in [6, 6.07) is 6.95. The Balaban J connectivity index is 3.13. The third-order valence-corrected chi connectivity index (χ3v) is 3.40. The van der Waals surface area contributed by atoms with E-state index >= 15 is 0 Å². The van der Waals surface area contributed by atoms with Gasteiger partial charge in [-0.3, -0.25) is 4.79 Å². The molecule has 0 aliphatic carbocycles. The first-order valence-electron chi connectivity index (χ1n) is 5.34. The summed E-state index contributed by atoms with van der Waals surface area (Å²) < 4.78 is 4.70. The molecule has 4 heteroatoms. The van der Waals surface area contributed by atoms with Crippen LogP contribution in [0.25, 0.3) is 0 Å². The maximum Gasteiger partial charge on any atom is 0.338 e. The molecule has 17 heavy (non-hydrogen) atoms. The summed E-state index contributed by atoms with van der Waals surface area (Å²) in [6.45, 7) is 3.66. The largest absolute Gasteiger partial charge is 0.465 e. The third kappa shape index (κ3) is 3.16. The maximum atomic E-state index is 11.9. The number of ether oxygens (including phenoxy) is 1. The number of ketones is 1. The second-order valence-corrected chi connectivity index (χ2v) is 4.91. The molecule has 92 valence electrons. The Labute approximate surface area is 109 Å². The van der Waals surface area contributed by atoms with Gasteiger partial charge >= 0.3 is 5.97 Å². The van der Waals surface area contributed by atoms with E-state index in [0.717, 1.165) is 0 Å². The van der Waals surface area contributed by atoms with Crippen molar-refractivity contribution in [1.82, 2.24) is 0 Å². The van der Waals surface area contributed by atoms with Gasteiger partial charge in [0, 0.05) is 5.92 Å². The number of carbonyl (C=O) groups is 2. The molecule has 3 nitrogen and oxygen atoms in total. The van der Waals surface area contributed by atoms with Crippen LogP contribution in [0.3, 0.4) is 0 Å². The molecule has 1 aromatic carbocycles. The van der Waals surface area contributed by atoms with Crippen molar-refractivity contribution in [2.45, 2.75) is 18.7 Å². The van der Waals surface area contributed by atoms with Gasteiger partial charge in [-0.1, -0.05) is 48.0 Å². The first-order chi connectivity index (χ1) is 7.99. The fraction of sp³-hybridized carbons (Fsp3) is 0.385. The smallest absolute Gasteiger partial charge is 0.338 e. The minimum absolute atomic E-state index is 0.0429. The van der Waals surface area contributed by atoms with E-state index in [1.54, 1.807) is 24.3 Å². The van der Waals surface area contributed by atoms with Crippen LogP contribution in [0.2, 0.25) is 0 Å². The quantitative estimate of drug-likeness (QED) is 0.633. The van der Waals surface area contributed by atoms with Crippen molar-refractivity contribution in [3.05, 3.63) is 35.4 Å². The zero-order valence-corrected chi connectivity index (χ0v) is 11.7. The van der Waals surface area contributed by atoms with Crippen LogP contribution in [0, 0.1) is 5.92 Å². The molecule has 0 fully saturated rings. The standard InChI is InChI=1S/C13H15BrO3/c1-8(2)12(15)11(14)9-6-4-5-7-10(9)13(16)17-3/h4-8,11H,1-3H3. The number of benzene rings is 1. The molecule has 0 saturated heterocycles. The van der Waals surface area contributed by atoms with Gasteiger partial charge in [-0.15, -0.1) is 0 Å². The van der Waals surface area contributed by atoms with E-state index in [1.165, 1.54) is 7.11 Å². The lowest BCUT2D eigenvalue weighted by atomic mass is 9.97. The fourth-order valence-corrected chi connectivity index (χ4v) is 2.39. The minimum atomic E-state index is -0.474. The molecule has 1 atom stereocenters. The predicted molar refractivity (Wildman–Crippen MR) is 69.3 cm³/mol. The van der Waals surface area contributed by atoms with Crippen LogP contribution < -0.4 is 0 Å². The van der Waals surface area contributed by atoms with E-state index in [2.05, 4.69) is 15.9 Å². The van der Waals surface area contributed by atoms with Gasteiger partial charge in [0.25, 0.3) is 0 Å². The molecule has 1 aromatic rings. The fourth-order valence-electron chi connectivity index (χ4n) is 1.46. The second kappa shape index (κ2) is 5.96. The van der Waals surface area contributed by atoms with Crippen LogP contribution in [-0.2, 0) is 9.53 Å². The lowest BCUT2D eigenvalue weighted by Gasteiger charge is -2.14. The highest BCUT2D eigenvalue weighted by Gasteiger charge is 2.24. The number of halogens is 1. The summed E-state index contributed by atoms with van der Waals surface area (Å²) in [5.74, 6) is -0.479. The molecule has 0 amide bonds. The molecule has 0 saturated carbocycles. The van der Waals surface area contributed by atoms with E-state index in [1.807, 2.05) is 13.8 Å². The Morgan fingerprint density at radius 3 is 2.35 bits per heavy atom. The average molecular weight is 299 g/mol. The van der Waals surface area contributed by atoms with Gasteiger partial charge in [0.15, 0.2) is 5.78 Å². The van der Waals surface area contributed by atoms with E-state index in [9.17, 15) is 9.59 Å². The van der Waals surface area contributed by atoms with Crippen LogP contribution >= 0.6 is 15.9 Å². The summed E-state index contributed by atoms with van der Waals surface area (Å²) in [6.07, 6.45) is 0. The zero-order chi connectivity index (χ0) is 13.0. The Kier molecular flexibility index (Phi) is 4.87. The highest BCUT2D eigenvalue weighted by Crippen LogP contribution is 2.29. The average Bonchev–Trinajstić information content (AvgIpc) is 2.35. The number of hydrogen-bond donors (Lipinski definition) is 0. The van der Waals surface area contributed by atoms with Gasteiger partial charge in [-0.25, -0.2) is 4.79 Å². The van der Waals surface area contributed by atoms with E-state index in [-0.39, 0.29) is 11.7 Å². The van der Waals surface area contributed by atoms with Gasteiger partial charge in [0.1, 0.15) is 0 Å². The Bertz CT molecular complexity index is 426. The predicted octanol–water partition coefficient (Wildman–Crippen LogP) is 3.13. The van der Waals surface area contributed by atoms with Gasteiger partial charge < -0.3 is 4.74 Å². The van der Waals surface area contributed by atoms with Crippen LogP contribution in [0.15, 0.2) is 24.3 Å². The van der Waals surface area contributed by atoms with Crippen LogP contribution in [0.4, 0.5) is 0 Å². The molecule has 0 bridgehead atoms.